The number of aromatic nitrogens is 2. The molecule has 2 saturated heterocycles. The number of amides is 1. The number of ether oxygens (including phenoxy) is 2. The van der Waals surface area contributed by atoms with Gasteiger partial charge in [-0.1, -0.05) is 31.5 Å². The zero-order valence-electron chi connectivity index (χ0n) is 26.6. The molecule has 0 spiro atoms. The first kappa shape index (κ1) is 31.8. The quantitative estimate of drug-likeness (QED) is 0.244. The first-order chi connectivity index (χ1) is 22.6. The Labute approximate surface area is 280 Å². The van der Waals surface area contributed by atoms with Crippen molar-refractivity contribution in [1.29, 1.82) is 5.26 Å². The van der Waals surface area contributed by atoms with Crippen molar-refractivity contribution >= 4 is 66.6 Å². The van der Waals surface area contributed by atoms with Gasteiger partial charge in [-0.2, -0.15) is 10.2 Å². The maximum atomic E-state index is 15.1. The number of nitrogens with two attached hydrogens (primary N) is 1. The van der Waals surface area contributed by atoms with Gasteiger partial charge in [-0.15, -0.1) is 11.3 Å². The van der Waals surface area contributed by atoms with E-state index in [1.54, 1.807) is 18.1 Å². The van der Waals surface area contributed by atoms with Gasteiger partial charge in [-0.25, -0.2) is 9.37 Å². The van der Waals surface area contributed by atoms with Crippen LogP contribution in [-0.4, -0.2) is 78.8 Å². The van der Waals surface area contributed by atoms with Crippen molar-refractivity contribution in [2.75, 3.05) is 49.7 Å². The molecule has 0 saturated carbocycles. The van der Waals surface area contributed by atoms with Gasteiger partial charge in [-0.05, 0) is 35.6 Å². The number of nitrogens with one attached hydrogen (secondary N) is 2. The van der Waals surface area contributed by atoms with E-state index >= 15 is 4.39 Å². The molecule has 2 unspecified atom stereocenters. The SMILES string of the molecule is COC1CN(c2nc(N[C@@H]3CCCN(C)C3=O)c3c4c(c(-c5ccc(F)c6sc(N)c(C#N)c56)c(Cl)c3n2)COC4)CC1NC(C)C. The lowest BCUT2D eigenvalue weighted by Crippen LogP contribution is -2.45. The molecule has 4 N–H and O–H groups in total. The predicted octanol–water partition coefficient (Wildman–Crippen LogP) is 5.02. The van der Waals surface area contributed by atoms with Crippen LogP contribution in [0.2, 0.25) is 5.02 Å². The fourth-order valence-electron chi connectivity index (χ4n) is 7.15. The monoisotopic (exact) mass is 678 g/mol. The van der Waals surface area contributed by atoms with Gasteiger partial charge < -0.3 is 35.6 Å². The summed E-state index contributed by atoms with van der Waals surface area (Å²) in [5.41, 5.74) is 9.72. The van der Waals surface area contributed by atoms with E-state index in [0.29, 0.717) is 70.3 Å². The Morgan fingerprint density at radius 1 is 1.23 bits per heavy atom. The second-order valence-corrected chi connectivity index (χ2v) is 14.1. The van der Waals surface area contributed by atoms with Crippen LogP contribution in [0.5, 0.6) is 0 Å². The van der Waals surface area contributed by atoms with Crippen LogP contribution in [0.1, 0.15) is 43.4 Å². The molecular weight excluding hydrogens is 643 g/mol. The summed E-state index contributed by atoms with van der Waals surface area (Å²) in [5.74, 6) is 0.482. The molecule has 3 aliphatic heterocycles. The Hall–Kier alpha value is -3.80. The second-order valence-electron chi connectivity index (χ2n) is 12.7. The van der Waals surface area contributed by atoms with Crippen molar-refractivity contribution in [1.82, 2.24) is 20.2 Å². The number of fused-ring (bicyclic) bond motifs is 4. The third-order valence-corrected chi connectivity index (χ3v) is 10.8. The third kappa shape index (κ3) is 5.32. The summed E-state index contributed by atoms with van der Waals surface area (Å²) < 4.78 is 27.2. The number of methoxy groups -OCH3 is 1. The summed E-state index contributed by atoms with van der Waals surface area (Å²) in [6.07, 6.45) is 1.42. The summed E-state index contributed by atoms with van der Waals surface area (Å²) in [6, 6.07) is 5.00. The van der Waals surface area contributed by atoms with Crippen LogP contribution in [0, 0.1) is 17.1 Å². The number of nitrogen functional groups attached to an aromatic ring is 1. The van der Waals surface area contributed by atoms with Gasteiger partial charge in [0.05, 0.1) is 51.5 Å². The molecule has 246 valence electrons. The van der Waals surface area contributed by atoms with E-state index in [1.807, 2.05) is 7.05 Å². The number of hydrogen-bond acceptors (Lipinski definition) is 11. The van der Waals surface area contributed by atoms with Gasteiger partial charge in [0.2, 0.25) is 11.9 Å². The molecule has 4 aromatic rings. The van der Waals surface area contributed by atoms with Gasteiger partial charge >= 0.3 is 0 Å². The highest BCUT2D eigenvalue weighted by atomic mass is 35.5. The number of carbonyl (C=O) groups is 1. The predicted molar refractivity (Wildman–Crippen MR) is 182 cm³/mol. The molecule has 5 heterocycles. The third-order valence-electron chi connectivity index (χ3n) is 9.36. The molecule has 14 heteroatoms. The van der Waals surface area contributed by atoms with Gasteiger partial charge in [0, 0.05) is 50.8 Å². The average molecular weight is 679 g/mol. The summed E-state index contributed by atoms with van der Waals surface area (Å²) in [7, 11) is 3.51. The molecule has 11 nitrogen and oxygen atoms in total. The normalized spacial score (nSPS) is 21.3. The molecule has 0 aliphatic carbocycles. The number of thiophene rings is 1. The van der Waals surface area contributed by atoms with Gasteiger partial charge in [-0.3, -0.25) is 4.79 Å². The minimum absolute atomic E-state index is 0.00484. The lowest BCUT2D eigenvalue weighted by atomic mass is 9.91. The minimum Gasteiger partial charge on any atom is -0.389 e. The fraction of sp³-hybridized carbons (Fsp3) is 0.455. The summed E-state index contributed by atoms with van der Waals surface area (Å²) in [4.78, 5) is 27.2. The Bertz CT molecular complexity index is 1960. The molecular formula is C33H36ClFN8O3S. The van der Waals surface area contributed by atoms with Crippen LogP contribution in [-0.2, 0) is 27.5 Å². The molecule has 3 aliphatic rings. The highest BCUT2D eigenvalue weighted by Crippen LogP contribution is 2.49. The largest absolute Gasteiger partial charge is 0.389 e. The summed E-state index contributed by atoms with van der Waals surface area (Å²) >= 11 is 8.43. The number of nitrogens with zero attached hydrogens (tertiary/aromatic N) is 5. The molecule has 47 heavy (non-hydrogen) atoms. The number of nitriles is 1. The van der Waals surface area contributed by atoms with Gasteiger partial charge in [0.25, 0.3) is 0 Å². The van der Waals surface area contributed by atoms with Crippen molar-refractivity contribution < 1.29 is 18.7 Å². The minimum atomic E-state index is -0.472. The maximum Gasteiger partial charge on any atom is 0.244 e. The van der Waals surface area contributed by atoms with E-state index in [1.165, 1.54) is 6.07 Å². The van der Waals surface area contributed by atoms with Crippen molar-refractivity contribution in [2.45, 2.75) is 64.1 Å². The van der Waals surface area contributed by atoms with Crippen LogP contribution in [0.3, 0.4) is 0 Å². The molecule has 2 aromatic heterocycles. The van der Waals surface area contributed by atoms with E-state index in [2.05, 4.69) is 35.5 Å². The maximum absolute atomic E-state index is 15.1. The fourth-order valence-corrected chi connectivity index (χ4v) is 8.45. The molecule has 3 atom stereocenters. The second kappa shape index (κ2) is 12.3. The highest BCUT2D eigenvalue weighted by molar-refractivity contribution is 7.23. The molecule has 2 aromatic carbocycles. The van der Waals surface area contributed by atoms with Crippen LogP contribution >= 0.6 is 22.9 Å². The van der Waals surface area contributed by atoms with E-state index in [4.69, 9.17) is 36.8 Å². The Kier molecular flexibility index (Phi) is 8.34. The molecule has 2 fully saturated rings. The molecule has 0 bridgehead atoms. The first-order valence-electron chi connectivity index (χ1n) is 15.7. The smallest absolute Gasteiger partial charge is 0.244 e. The molecule has 1 amide bonds. The van der Waals surface area contributed by atoms with Crippen LogP contribution in [0.15, 0.2) is 12.1 Å². The lowest BCUT2D eigenvalue weighted by Gasteiger charge is -2.31. The number of likely N-dealkylation sites (tertiary alicyclic amines) is 1. The first-order valence-corrected chi connectivity index (χ1v) is 16.9. The van der Waals surface area contributed by atoms with Crippen molar-refractivity contribution in [3.63, 3.8) is 0 Å². The number of likely N-dealkylation sites (N-methyl/N-ethyl adjacent to an activating group) is 1. The zero-order valence-corrected chi connectivity index (χ0v) is 28.2. The van der Waals surface area contributed by atoms with E-state index in [0.717, 1.165) is 28.9 Å². The average Bonchev–Trinajstić information content (AvgIpc) is 3.77. The number of anilines is 3. The number of piperidine rings is 1. The van der Waals surface area contributed by atoms with E-state index in [9.17, 15) is 10.1 Å². The van der Waals surface area contributed by atoms with Crippen LogP contribution in [0.25, 0.3) is 32.1 Å². The van der Waals surface area contributed by atoms with Crippen LogP contribution in [0.4, 0.5) is 21.2 Å². The number of halogens is 2. The highest BCUT2D eigenvalue weighted by Gasteiger charge is 2.37. The summed E-state index contributed by atoms with van der Waals surface area (Å²) in [5, 5.41) is 18.7. The Balaban J connectivity index is 1.47. The number of rotatable bonds is 7. The van der Waals surface area contributed by atoms with Crippen molar-refractivity contribution in [3.8, 4) is 17.2 Å². The number of hydrogen-bond donors (Lipinski definition) is 3. The van der Waals surface area contributed by atoms with E-state index < -0.39 is 11.9 Å². The Morgan fingerprint density at radius 2 is 2.02 bits per heavy atom. The Morgan fingerprint density at radius 3 is 2.77 bits per heavy atom. The van der Waals surface area contributed by atoms with Crippen molar-refractivity contribution in [3.05, 3.63) is 39.7 Å². The van der Waals surface area contributed by atoms with E-state index in [-0.39, 0.29) is 52.6 Å². The van der Waals surface area contributed by atoms with Crippen LogP contribution < -0.4 is 21.3 Å². The molecule has 7 rings (SSSR count). The molecule has 0 radical (unpaired) electrons. The topological polar surface area (TPSA) is 142 Å². The number of carbonyl (C=O) groups excluding carboxylic acids is 1. The zero-order chi connectivity index (χ0) is 33.1. The van der Waals surface area contributed by atoms with Gasteiger partial charge in [0.1, 0.15) is 28.7 Å². The van der Waals surface area contributed by atoms with Gasteiger partial charge in [0.15, 0.2) is 0 Å². The lowest BCUT2D eigenvalue weighted by molar-refractivity contribution is -0.132. The number of benzene rings is 2. The standard InChI is InChI=1S/C33H36ClFN8O3S/c1-15(2)38-22-11-43(12-23(22)45-4)33-40-28-26(31(41-33)39-21-6-5-9-42(3)32(21)44)19-14-46-13-18(19)24(27(28)34)16-7-8-20(35)29-25(16)17(10-36)30(37)47-29/h7-8,15,21-23,38H,5-6,9,11-14,37H2,1-4H3,(H,39,40,41)/t21-,22?,23?/m1/s1. The van der Waals surface area contributed by atoms with Crippen molar-refractivity contribution in [2.24, 2.45) is 0 Å². The summed E-state index contributed by atoms with van der Waals surface area (Å²) in [6.45, 7) is 6.55.